The Balaban J connectivity index is 1.84. The predicted molar refractivity (Wildman–Crippen MR) is 57.8 cm³/mol. The highest BCUT2D eigenvalue weighted by Crippen LogP contribution is 2.25. The second kappa shape index (κ2) is 4.84. The van der Waals surface area contributed by atoms with E-state index in [4.69, 9.17) is 11.6 Å². The van der Waals surface area contributed by atoms with E-state index >= 15 is 0 Å². The van der Waals surface area contributed by atoms with Crippen LogP contribution in [-0.4, -0.2) is 18.8 Å². The van der Waals surface area contributed by atoms with Gasteiger partial charge >= 0.3 is 6.18 Å². The Bertz CT molecular complexity index is 408. The maximum atomic E-state index is 11.9. The summed E-state index contributed by atoms with van der Waals surface area (Å²) in [5.74, 6) is 0. The number of hydrogen-bond acceptors (Lipinski definition) is 2. The summed E-state index contributed by atoms with van der Waals surface area (Å²) in [5, 5.41) is 0.639. The third-order valence-electron chi connectivity index (χ3n) is 2.59. The molecule has 1 atom stereocenters. The molecule has 1 aliphatic carbocycles. The Morgan fingerprint density at radius 3 is 2.71 bits per heavy atom. The fourth-order valence-electron chi connectivity index (χ4n) is 1.91. The number of hydrogen-bond donors (Lipinski definition) is 1. The molecule has 0 radical (unpaired) electrons. The van der Waals surface area contributed by atoms with Crippen LogP contribution in [0.25, 0.3) is 0 Å². The first-order valence-corrected chi connectivity index (χ1v) is 5.53. The summed E-state index contributed by atoms with van der Waals surface area (Å²) in [6.45, 7) is -1.28. The maximum absolute atomic E-state index is 11.9. The summed E-state index contributed by atoms with van der Waals surface area (Å²) >= 11 is 5.83. The zero-order valence-corrected chi connectivity index (χ0v) is 9.61. The molecule has 1 aliphatic rings. The van der Waals surface area contributed by atoms with Crippen molar-refractivity contribution in [2.75, 3.05) is 6.61 Å². The third-order valence-corrected chi connectivity index (χ3v) is 2.82. The van der Waals surface area contributed by atoms with Gasteiger partial charge in [0, 0.05) is 11.1 Å². The first kappa shape index (κ1) is 12.7. The monoisotopic (exact) mass is 265 g/mol. The van der Waals surface area contributed by atoms with Crippen molar-refractivity contribution in [2.45, 2.75) is 25.1 Å². The zero-order chi connectivity index (χ0) is 12.5. The Kier molecular flexibility index (Phi) is 3.61. The van der Waals surface area contributed by atoms with Gasteiger partial charge in [0.25, 0.3) is 0 Å². The number of hydroxylamine groups is 1. The van der Waals surface area contributed by atoms with Crippen molar-refractivity contribution in [1.82, 2.24) is 5.48 Å². The topological polar surface area (TPSA) is 21.3 Å². The quantitative estimate of drug-likeness (QED) is 0.849. The Labute approximate surface area is 102 Å². The third kappa shape index (κ3) is 3.59. The molecule has 0 aliphatic heterocycles. The minimum atomic E-state index is -4.30. The number of halogens is 4. The van der Waals surface area contributed by atoms with Gasteiger partial charge in [0.15, 0.2) is 6.61 Å². The van der Waals surface area contributed by atoms with Crippen LogP contribution < -0.4 is 5.48 Å². The molecule has 0 saturated carbocycles. The van der Waals surface area contributed by atoms with Crippen molar-refractivity contribution in [1.29, 1.82) is 0 Å². The van der Waals surface area contributed by atoms with Crippen LogP contribution in [0.4, 0.5) is 13.2 Å². The highest BCUT2D eigenvalue weighted by atomic mass is 35.5. The summed E-state index contributed by atoms with van der Waals surface area (Å²) in [7, 11) is 0. The van der Waals surface area contributed by atoms with Gasteiger partial charge in [0.2, 0.25) is 0 Å². The molecular weight excluding hydrogens is 255 g/mol. The lowest BCUT2D eigenvalue weighted by atomic mass is 10.1. The van der Waals surface area contributed by atoms with E-state index in [0.717, 1.165) is 11.1 Å². The largest absolute Gasteiger partial charge is 0.413 e. The van der Waals surface area contributed by atoms with Crippen molar-refractivity contribution in [3.05, 3.63) is 34.3 Å². The first-order chi connectivity index (χ1) is 7.94. The van der Waals surface area contributed by atoms with Gasteiger partial charge in [-0.1, -0.05) is 17.7 Å². The highest BCUT2D eigenvalue weighted by molar-refractivity contribution is 6.30. The van der Waals surface area contributed by atoms with Gasteiger partial charge in [-0.2, -0.15) is 18.7 Å². The summed E-state index contributed by atoms with van der Waals surface area (Å²) in [6, 6.07) is 5.39. The molecule has 0 heterocycles. The Morgan fingerprint density at radius 2 is 2.00 bits per heavy atom. The highest BCUT2D eigenvalue weighted by Gasteiger charge is 2.29. The molecule has 1 N–H and O–H groups in total. The van der Waals surface area contributed by atoms with E-state index in [2.05, 4.69) is 10.3 Å². The second-order valence-electron chi connectivity index (χ2n) is 4.04. The van der Waals surface area contributed by atoms with E-state index in [9.17, 15) is 13.2 Å². The molecule has 6 heteroatoms. The lowest BCUT2D eigenvalue weighted by molar-refractivity contribution is -0.192. The molecule has 94 valence electrons. The Hall–Kier alpha value is -0.780. The van der Waals surface area contributed by atoms with Gasteiger partial charge in [-0.3, -0.25) is 4.84 Å². The average molecular weight is 266 g/mol. The van der Waals surface area contributed by atoms with Gasteiger partial charge in [-0.15, -0.1) is 0 Å². The molecule has 1 aromatic carbocycles. The van der Waals surface area contributed by atoms with E-state index in [1.165, 1.54) is 0 Å². The van der Waals surface area contributed by atoms with Crippen LogP contribution in [-0.2, 0) is 17.7 Å². The van der Waals surface area contributed by atoms with Gasteiger partial charge in [-0.25, -0.2) is 0 Å². The molecule has 0 amide bonds. The van der Waals surface area contributed by atoms with Crippen LogP contribution in [0, 0.1) is 0 Å². The van der Waals surface area contributed by atoms with Crippen molar-refractivity contribution >= 4 is 11.6 Å². The zero-order valence-electron chi connectivity index (χ0n) is 8.85. The van der Waals surface area contributed by atoms with Crippen LogP contribution in [0.2, 0.25) is 5.02 Å². The average Bonchev–Trinajstić information content (AvgIpc) is 2.57. The van der Waals surface area contributed by atoms with Crippen molar-refractivity contribution in [2.24, 2.45) is 0 Å². The predicted octanol–water partition coefficient (Wildman–Crippen LogP) is 2.89. The van der Waals surface area contributed by atoms with Crippen LogP contribution in [0.15, 0.2) is 18.2 Å². The van der Waals surface area contributed by atoms with Gasteiger partial charge in [-0.05, 0) is 36.1 Å². The fraction of sp³-hybridized carbons (Fsp3) is 0.455. The number of fused-ring (bicyclic) bond motifs is 1. The summed E-state index contributed by atoms with van der Waals surface area (Å²) in [5.41, 5.74) is 4.60. The number of benzene rings is 1. The van der Waals surface area contributed by atoms with E-state index in [1.54, 1.807) is 6.07 Å². The molecule has 17 heavy (non-hydrogen) atoms. The molecule has 0 bridgehead atoms. The van der Waals surface area contributed by atoms with Gasteiger partial charge in [0.1, 0.15) is 0 Å². The fourth-order valence-corrected chi connectivity index (χ4v) is 2.11. The second-order valence-corrected chi connectivity index (χ2v) is 4.48. The lowest BCUT2D eigenvalue weighted by Gasteiger charge is -2.13. The summed E-state index contributed by atoms with van der Waals surface area (Å²) < 4.78 is 35.6. The van der Waals surface area contributed by atoms with Crippen LogP contribution >= 0.6 is 11.6 Å². The molecule has 2 nitrogen and oxygen atoms in total. The minimum absolute atomic E-state index is 0.120. The van der Waals surface area contributed by atoms with Crippen LogP contribution in [0.1, 0.15) is 11.1 Å². The Morgan fingerprint density at radius 1 is 1.29 bits per heavy atom. The van der Waals surface area contributed by atoms with E-state index in [0.29, 0.717) is 17.9 Å². The van der Waals surface area contributed by atoms with Crippen LogP contribution in [0.5, 0.6) is 0 Å². The molecule has 1 unspecified atom stereocenters. The van der Waals surface area contributed by atoms with E-state index < -0.39 is 12.8 Å². The molecule has 1 aromatic rings. The number of nitrogens with one attached hydrogen (secondary N) is 1. The van der Waals surface area contributed by atoms with E-state index in [-0.39, 0.29) is 6.04 Å². The maximum Gasteiger partial charge on any atom is 0.413 e. The van der Waals surface area contributed by atoms with Gasteiger partial charge in [0.05, 0.1) is 0 Å². The lowest BCUT2D eigenvalue weighted by Crippen LogP contribution is -2.33. The molecule has 0 saturated heterocycles. The number of alkyl halides is 3. The van der Waals surface area contributed by atoms with Crippen LogP contribution in [0.3, 0.4) is 0 Å². The molecule has 0 spiro atoms. The smallest absolute Gasteiger partial charge is 0.292 e. The van der Waals surface area contributed by atoms with Crippen molar-refractivity contribution < 1.29 is 18.0 Å². The molecule has 2 rings (SSSR count). The normalized spacial score (nSPS) is 19.4. The van der Waals surface area contributed by atoms with Gasteiger partial charge < -0.3 is 0 Å². The molecular formula is C11H11ClF3NO. The number of rotatable bonds is 3. The summed E-state index contributed by atoms with van der Waals surface area (Å²) in [6.07, 6.45) is -3.01. The SMILES string of the molecule is FC(F)(F)CONC1Cc2ccc(Cl)cc2C1. The van der Waals surface area contributed by atoms with E-state index in [1.807, 2.05) is 12.1 Å². The molecule has 0 aromatic heterocycles. The standard InChI is InChI=1S/C11H11ClF3NO/c12-9-2-1-7-4-10(5-8(7)3-9)16-17-6-11(13,14)15/h1-3,10,16H,4-6H2. The van der Waals surface area contributed by atoms with Crippen molar-refractivity contribution in [3.8, 4) is 0 Å². The summed E-state index contributed by atoms with van der Waals surface area (Å²) in [4.78, 5) is 4.44. The van der Waals surface area contributed by atoms with Crippen molar-refractivity contribution in [3.63, 3.8) is 0 Å². The minimum Gasteiger partial charge on any atom is -0.292 e. The first-order valence-electron chi connectivity index (χ1n) is 5.15. The molecule has 0 fully saturated rings.